The van der Waals surface area contributed by atoms with Crippen molar-refractivity contribution in [2.24, 2.45) is 0 Å². The molecule has 33 heavy (non-hydrogen) atoms. The van der Waals surface area contributed by atoms with E-state index >= 15 is 0 Å². The smallest absolute Gasteiger partial charge is 0.256 e. The maximum atomic E-state index is 13.7. The minimum absolute atomic E-state index is 0.134. The Balaban J connectivity index is 1.48. The fourth-order valence-corrected chi connectivity index (χ4v) is 4.54. The number of rotatable bonds is 6. The van der Waals surface area contributed by atoms with Crippen LogP contribution in [0.3, 0.4) is 0 Å². The maximum absolute atomic E-state index is 13.7. The average Bonchev–Trinajstić information content (AvgIpc) is 3.44. The van der Waals surface area contributed by atoms with Gasteiger partial charge in [0.25, 0.3) is 5.91 Å². The van der Waals surface area contributed by atoms with E-state index in [0.29, 0.717) is 45.9 Å². The number of fused-ring (bicyclic) bond motifs is 2. The number of aromatic amines is 1. The molecule has 0 aliphatic carbocycles. The molecule has 0 spiro atoms. The predicted molar refractivity (Wildman–Crippen MR) is 134 cm³/mol. The second-order valence-corrected chi connectivity index (χ2v) is 9.12. The minimum Gasteiger partial charge on any atom is -0.459 e. The number of H-pyrrole nitrogens is 1. The maximum Gasteiger partial charge on any atom is 0.256 e. The zero-order valence-corrected chi connectivity index (χ0v) is 19.7. The highest BCUT2D eigenvalue weighted by Crippen LogP contribution is 2.27. The van der Waals surface area contributed by atoms with Crippen molar-refractivity contribution in [3.8, 4) is 0 Å². The van der Waals surface area contributed by atoms with Gasteiger partial charge in [-0.2, -0.15) is 0 Å². The van der Waals surface area contributed by atoms with Gasteiger partial charge in [-0.15, -0.1) is 0 Å². The third-order valence-electron chi connectivity index (χ3n) is 5.62. The second kappa shape index (κ2) is 9.14. The number of amides is 1. The van der Waals surface area contributed by atoms with Crippen LogP contribution in [0.2, 0.25) is 15.1 Å². The molecular weight excluding hydrogens is 479 g/mol. The van der Waals surface area contributed by atoms with Gasteiger partial charge in [-0.25, -0.2) is 0 Å². The lowest BCUT2D eigenvalue weighted by Gasteiger charge is -2.22. The van der Waals surface area contributed by atoms with Crippen LogP contribution in [-0.2, 0) is 13.0 Å². The van der Waals surface area contributed by atoms with E-state index < -0.39 is 0 Å². The summed E-state index contributed by atoms with van der Waals surface area (Å²) in [5.74, 6) is 0.578. The van der Waals surface area contributed by atoms with Crippen molar-refractivity contribution in [3.05, 3.63) is 105 Å². The molecule has 0 unspecified atom stereocenters. The van der Waals surface area contributed by atoms with E-state index in [-0.39, 0.29) is 5.91 Å². The number of halogens is 3. The van der Waals surface area contributed by atoms with Crippen LogP contribution in [0.5, 0.6) is 0 Å². The predicted octanol–water partition coefficient (Wildman–Crippen LogP) is 7.76. The highest BCUT2D eigenvalue weighted by molar-refractivity contribution is 6.42. The summed E-state index contributed by atoms with van der Waals surface area (Å²) in [6, 6.07) is 20.7. The molecule has 3 aromatic carbocycles. The largest absolute Gasteiger partial charge is 0.459 e. The first-order valence-corrected chi connectivity index (χ1v) is 11.6. The van der Waals surface area contributed by atoms with Gasteiger partial charge in [0.1, 0.15) is 11.3 Å². The molecule has 4 nitrogen and oxygen atoms in total. The van der Waals surface area contributed by atoms with E-state index in [1.54, 1.807) is 23.2 Å². The first-order valence-electron chi connectivity index (χ1n) is 10.5. The quantitative estimate of drug-likeness (QED) is 0.260. The second-order valence-electron chi connectivity index (χ2n) is 7.87. The van der Waals surface area contributed by atoms with E-state index in [1.165, 1.54) is 0 Å². The van der Waals surface area contributed by atoms with Crippen molar-refractivity contribution in [2.75, 3.05) is 6.54 Å². The molecule has 0 radical (unpaired) electrons. The van der Waals surface area contributed by atoms with Gasteiger partial charge in [-0.3, -0.25) is 4.79 Å². The lowest BCUT2D eigenvalue weighted by molar-refractivity contribution is 0.0736. The van der Waals surface area contributed by atoms with E-state index in [1.807, 2.05) is 54.6 Å². The molecule has 166 valence electrons. The Hall–Kier alpha value is -2.92. The van der Waals surface area contributed by atoms with Gasteiger partial charge in [-0.05, 0) is 54.4 Å². The Morgan fingerprint density at radius 1 is 0.909 bits per heavy atom. The molecule has 5 rings (SSSR count). The van der Waals surface area contributed by atoms with Crippen LogP contribution in [0.1, 0.15) is 21.7 Å². The number of nitrogens with one attached hydrogen (secondary N) is 1. The molecule has 0 aliphatic heterocycles. The van der Waals surface area contributed by atoms with Crippen molar-refractivity contribution < 1.29 is 9.21 Å². The fourth-order valence-electron chi connectivity index (χ4n) is 3.99. The monoisotopic (exact) mass is 496 g/mol. The molecule has 0 atom stereocenters. The van der Waals surface area contributed by atoms with Crippen LogP contribution < -0.4 is 0 Å². The molecule has 2 aromatic heterocycles. The van der Waals surface area contributed by atoms with Crippen molar-refractivity contribution in [2.45, 2.75) is 13.0 Å². The van der Waals surface area contributed by atoms with Gasteiger partial charge in [-0.1, -0.05) is 59.1 Å². The number of benzene rings is 3. The Kier molecular flexibility index (Phi) is 6.07. The molecule has 1 N–H and O–H groups in total. The molecule has 0 bridgehead atoms. The number of para-hydroxylation sites is 1. The third kappa shape index (κ3) is 4.60. The Bertz CT molecular complexity index is 1440. The number of furan rings is 1. The molecule has 7 heteroatoms. The third-order valence-corrected chi connectivity index (χ3v) is 6.58. The summed E-state index contributed by atoms with van der Waals surface area (Å²) in [5.41, 5.74) is 3.06. The Labute approximate surface area is 205 Å². The van der Waals surface area contributed by atoms with Crippen molar-refractivity contribution in [1.82, 2.24) is 9.88 Å². The lowest BCUT2D eigenvalue weighted by atomic mass is 10.1. The van der Waals surface area contributed by atoms with Gasteiger partial charge in [0.05, 0.1) is 27.7 Å². The number of carbonyl (C=O) groups is 1. The molecule has 0 saturated heterocycles. The van der Waals surface area contributed by atoms with E-state index in [0.717, 1.165) is 27.4 Å². The van der Waals surface area contributed by atoms with Crippen LogP contribution in [0.25, 0.3) is 21.9 Å². The van der Waals surface area contributed by atoms with E-state index in [2.05, 4.69) is 4.98 Å². The van der Waals surface area contributed by atoms with Gasteiger partial charge >= 0.3 is 0 Å². The van der Waals surface area contributed by atoms with Gasteiger partial charge in [0, 0.05) is 28.5 Å². The molecular formula is C26H19Cl3N2O2. The lowest BCUT2D eigenvalue weighted by Crippen LogP contribution is -2.32. The summed E-state index contributed by atoms with van der Waals surface area (Å²) >= 11 is 18.6. The van der Waals surface area contributed by atoms with Crippen LogP contribution in [-0.4, -0.2) is 22.3 Å². The minimum atomic E-state index is -0.134. The summed E-state index contributed by atoms with van der Waals surface area (Å²) < 4.78 is 6.00. The van der Waals surface area contributed by atoms with Crippen LogP contribution >= 0.6 is 34.8 Å². The highest BCUT2D eigenvalue weighted by Gasteiger charge is 2.21. The number of nitrogens with zero attached hydrogens (tertiary/aromatic N) is 1. The van der Waals surface area contributed by atoms with Gasteiger partial charge < -0.3 is 14.3 Å². The topological polar surface area (TPSA) is 49.2 Å². The van der Waals surface area contributed by atoms with Crippen LogP contribution in [0.15, 0.2) is 77.3 Å². The number of hydrogen-bond donors (Lipinski definition) is 1. The van der Waals surface area contributed by atoms with Crippen LogP contribution in [0.4, 0.5) is 0 Å². The molecule has 0 saturated carbocycles. The summed E-state index contributed by atoms with van der Waals surface area (Å²) in [6.45, 7) is 0.784. The molecule has 2 heterocycles. The average molecular weight is 498 g/mol. The summed E-state index contributed by atoms with van der Waals surface area (Å²) in [4.78, 5) is 18.7. The number of aromatic nitrogens is 1. The Morgan fingerprint density at radius 2 is 1.76 bits per heavy atom. The van der Waals surface area contributed by atoms with Crippen LogP contribution in [0, 0.1) is 0 Å². The standard InChI is InChI=1S/C26H19Cl3N2O2/c27-19-12-18-7-9-30-25(18)21(14-19)26(32)31(10-8-16-5-6-22(28)23(29)11-16)15-20-13-17-3-1-2-4-24(17)33-20/h1-7,9,11-14,30H,8,10,15H2. The summed E-state index contributed by atoms with van der Waals surface area (Å²) in [7, 11) is 0. The number of carbonyl (C=O) groups excluding carboxylic acids is 1. The summed E-state index contributed by atoms with van der Waals surface area (Å²) in [5, 5.41) is 3.40. The van der Waals surface area contributed by atoms with Gasteiger partial charge in [0.15, 0.2) is 0 Å². The molecule has 5 aromatic rings. The number of hydrogen-bond acceptors (Lipinski definition) is 2. The normalized spacial score (nSPS) is 11.4. The zero-order valence-electron chi connectivity index (χ0n) is 17.4. The SMILES string of the molecule is O=C(c1cc(Cl)cc2cc[nH]c12)N(CCc1ccc(Cl)c(Cl)c1)Cc1cc2ccccc2o1. The van der Waals surface area contributed by atoms with E-state index in [4.69, 9.17) is 39.2 Å². The van der Waals surface area contributed by atoms with E-state index in [9.17, 15) is 4.79 Å². The van der Waals surface area contributed by atoms with Crippen molar-refractivity contribution in [1.29, 1.82) is 0 Å². The first kappa shape index (κ1) is 21.9. The highest BCUT2D eigenvalue weighted by atomic mass is 35.5. The summed E-state index contributed by atoms with van der Waals surface area (Å²) in [6.07, 6.45) is 2.41. The van der Waals surface area contributed by atoms with Gasteiger partial charge in [0.2, 0.25) is 0 Å². The molecule has 0 fully saturated rings. The molecule has 0 aliphatic rings. The Morgan fingerprint density at radius 3 is 2.58 bits per heavy atom. The van der Waals surface area contributed by atoms with Crippen molar-refractivity contribution >= 4 is 62.6 Å². The zero-order chi connectivity index (χ0) is 22.9. The molecule has 1 amide bonds. The first-order chi connectivity index (χ1) is 16.0. The fraction of sp³-hybridized carbons (Fsp3) is 0.115. The van der Waals surface area contributed by atoms with Crippen molar-refractivity contribution in [3.63, 3.8) is 0 Å².